The number of nitrogens with one attached hydrogen (secondary N) is 1. The average Bonchev–Trinajstić information content (AvgIpc) is 2.34. The molecule has 0 radical (unpaired) electrons. The molecule has 5 heteroatoms. The molecule has 1 aromatic rings. The molecule has 0 bridgehead atoms. The summed E-state index contributed by atoms with van der Waals surface area (Å²) in [6.45, 7) is 5.42. The molecule has 98 valence electrons. The van der Waals surface area contributed by atoms with E-state index in [1.54, 1.807) is 12.1 Å². The molecule has 1 aliphatic rings. The maximum absolute atomic E-state index is 13.8. The number of hydrogen-bond acceptors (Lipinski definition) is 3. The van der Waals surface area contributed by atoms with Gasteiger partial charge in [-0.25, -0.2) is 4.39 Å². The summed E-state index contributed by atoms with van der Waals surface area (Å²) < 4.78 is 13.8. The number of halogens is 1. The summed E-state index contributed by atoms with van der Waals surface area (Å²) in [7, 11) is 0. The van der Waals surface area contributed by atoms with Gasteiger partial charge in [-0.3, -0.25) is 9.69 Å². The molecular formula is C13H18FN3O. The van der Waals surface area contributed by atoms with Crippen molar-refractivity contribution in [2.45, 2.75) is 19.5 Å². The topological polar surface area (TPSA) is 58.4 Å². The summed E-state index contributed by atoms with van der Waals surface area (Å²) in [4.78, 5) is 13.2. The Morgan fingerprint density at radius 2 is 2.39 bits per heavy atom. The lowest BCUT2D eigenvalue weighted by Crippen LogP contribution is -2.49. The second-order valence-corrected chi connectivity index (χ2v) is 4.69. The molecule has 0 aromatic heterocycles. The van der Waals surface area contributed by atoms with Crippen molar-refractivity contribution in [3.8, 4) is 0 Å². The Kier molecular flexibility index (Phi) is 3.93. The van der Waals surface area contributed by atoms with E-state index in [1.165, 1.54) is 6.07 Å². The quantitative estimate of drug-likeness (QED) is 0.832. The number of primary amides is 1. The molecule has 0 aliphatic carbocycles. The number of carbonyl (C=O) groups excluding carboxylic acids is 1. The maximum atomic E-state index is 13.8. The zero-order valence-corrected chi connectivity index (χ0v) is 10.4. The SMILES string of the molecule is C[C@@H]1CNCCN1Cc1ccc(C(N)=O)cc1F. The van der Waals surface area contributed by atoms with Gasteiger partial charge in [0.1, 0.15) is 5.82 Å². The Hall–Kier alpha value is -1.46. The molecule has 2 rings (SSSR count). The number of piperazine rings is 1. The highest BCUT2D eigenvalue weighted by atomic mass is 19.1. The van der Waals surface area contributed by atoms with Crippen molar-refractivity contribution in [1.82, 2.24) is 10.2 Å². The van der Waals surface area contributed by atoms with Gasteiger partial charge in [-0.1, -0.05) is 6.07 Å². The van der Waals surface area contributed by atoms with Crippen molar-refractivity contribution in [3.05, 3.63) is 35.1 Å². The van der Waals surface area contributed by atoms with Crippen LogP contribution in [0.4, 0.5) is 4.39 Å². The first-order valence-corrected chi connectivity index (χ1v) is 6.11. The van der Waals surface area contributed by atoms with Crippen LogP contribution in [0.15, 0.2) is 18.2 Å². The zero-order chi connectivity index (χ0) is 13.1. The molecule has 1 aromatic carbocycles. The molecule has 1 amide bonds. The van der Waals surface area contributed by atoms with E-state index in [4.69, 9.17) is 5.73 Å². The van der Waals surface area contributed by atoms with Gasteiger partial charge < -0.3 is 11.1 Å². The van der Waals surface area contributed by atoms with Gasteiger partial charge in [0.2, 0.25) is 5.91 Å². The van der Waals surface area contributed by atoms with E-state index in [2.05, 4.69) is 17.1 Å². The first-order valence-electron chi connectivity index (χ1n) is 6.11. The van der Waals surface area contributed by atoms with Gasteiger partial charge in [-0.15, -0.1) is 0 Å². The molecular weight excluding hydrogens is 233 g/mol. The van der Waals surface area contributed by atoms with Crippen LogP contribution in [0.1, 0.15) is 22.8 Å². The molecule has 1 saturated heterocycles. The van der Waals surface area contributed by atoms with Crippen molar-refractivity contribution in [2.75, 3.05) is 19.6 Å². The zero-order valence-electron chi connectivity index (χ0n) is 10.4. The van der Waals surface area contributed by atoms with Crippen LogP contribution >= 0.6 is 0 Å². The summed E-state index contributed by atoms with van der Waals surface area (Å²) in [6.07, 6.45) is 0. The number of amides is 1. The highest BCUT2D eigenvalue weighted by Crippen LogP contribution is 2.15. The van der Waals surface area contributed by atoms with Crippen molar-refractivity contribution in [1.29, 1.82) is 0 Å². The molecule has 1 atom stereocenters. The lowest BCUT2D eigenvalue weighted by Gasteiger charge is -2.33. The van der Waals surface area contributed by atoms with E-state index in [1.807, 2.05) is 0 Å². The predicted octanol–water partition coefficient (Wildman–Crippen LogP) is 0.718. The molecule has 1 heterocycles. The van der Waals surface area contributed by atoms with E-state index in [0.29, 0.717) is 18.2 Å². The summed E-state index contributed by atoms with van der Waals surface area (Å²) in [6, 6.07) is 4.82. The summed E-state index contributed by atoms with van der Waals surface area (Å²) in [5.74, 6) is -0.965. The minimum Gasteiger partial charge on any atom is -0.366 e. The molecule has 0 spiro atoms. The Labute approximate surface area is 106 Å². The van der Waals surface area contributed by atoms with E-state index in [-0.39, 0.29) is 11.4 Å². The van der Waals surface area contributed by atoms with Crippen molar-refractivity contribution in [2.24, 2.45) is 5.73 Å². The number of benzene rings is 1. The minimum absolute atomic E-state index is 0.213. The van der Waals surface area contributed by atoms with Crippen LogP contribution in [0.2, 0.25) is 0 Å². The fourth-order valence-electron chi connectivity index (χ4n) is 2.17. The maximum Gasteiger partial charge on any atom is 0.248 e. The van der Waals surface area contributed by atoms with E-state index in [0.717, 1.165) is 19.6 Å². The average molecular weight is 251 g/mol. The van der Waals surface area contributed by atoms with E-state index >= 15 is 0 Å². The largest absolute Gasteiger partial charge is 0.366 e. The molecule has 3 N–H and O–H groups in total. The summed E-state index contributed by atoms with van der Waals surface area (Å²) >= 11 is 0. The highest BCUT2D eigenvalue weighted by molar-refractivity contribution is 5.92. The number of nitrogens with zero attached hydrogens (tertiary/aromatic N) is 1. The van der Waals surface area contributed by atoms with E-state index < -0.39 is 5.91 Å². The third-order valence-corrected chi connectivity index (χ3v) is 3.35. The fourth-order valence-corrected chi connectivity index (χ4v) is 2.17. The smallest absolute Gasteiger partial charge is 0.248 e. The Morgan fingerprint density at radius 3 is 3.00 bits per heavy atom. The van der Waals surface area contributed by atoms with Crippen LogP contribution in [-0.2, 0) is 6.54 Å². The predicted molar refractivity (Wildman–Crippen MR) is 67.7 cm³/mol. The van der Waals surface area contributed by atoms with Gasteiger partial charge in [0, 0.05) is 43.3 Å². The third kappa shape index (κ3) is 2.86. The Morgan fingerprint density at radius 1 is 1.61 bits per heavy atom. The fraction of sp³-hybridized carbons (Fsp3) is 0.462. The standard InChI is InChI=1S/C13H18FN3O/c1-9-7-16-4-5-17(9)8-11-3-2-10(13(15)18)6-12(11)14/h2-3,6,9,16H,4-5,7-8H2,1H3,(H2,15,18)/t9-/m1/s1. The molecule has 0 saturated carbocycles. The molecule has 18 heavy (non-hydrogen) atoms. The van der Waals surface area contributed by atoms with Crippen LogP contribution in [0.3, 0.4) is 0 Å². The van der Waals surface area contributed by atoms with Gasteiger partial charge in [-0.2, -0.15) is 0 Å². The van der Waals surface area contributed by atoms with Crippen molar-refractivity contribution in [3.63, 3.8) is 0 Å². The Bertz CT molecular complexity index is 450. The lowest BCUT2D eigenvalue weighted by atomic mass is 10.1. The lowest BCUT2D eigenvalue weighted by molar-refractivity contribution is 0.0999. The van der Waals surface area contributed by atoms with E-state index in [9.17, 15) is 9.18 Å². The first-order chi connectivity index (χ1) is 8.58. The second kappa shape index (κ2) is 5.46. The highest BCUT2D eigenvalue weighted by Gasteiger charge is 2.19. The van der Waals surface area contributed by atoms with Gasteiger partial charge >= 0.3 is 0 Å². The third-order valence-electron chi connectivity index (χ3n) is 3.35. The van der Waals surface area contributed by atoms with Gasteiger partial charge in [0.15, 0.2) is 0 Å². The summed E-state index contributed by atoms with van der Waals surface area (Å²) in [5.41, 5.74) is 5.93. The molecule has 4 nitrogen and oxygen atoms in total. The van der Waals surface area contributed by atoms with Crippen molar-refractivity contribution < 1.29 is 9.18 Å². The van der Waals surface area contributed by atoms with Crippen LogP contribution < -0.4 is 11.1 Å². The Balaban J connectivity index is 2.11. The van der Waals surface area contributed by atoms with Crippen molar-refractivity contribution >= 4 is 5.91 Å². The van der Waals surface area contributed by atoms with Crippen LogP contribution in [0.5, 0.6) is 0 Å². The number of rotatable bonds is 3. The van der Waals surface area contributed by atoms with Gasteiger partial charge in [0.05, 0.1) is 0 Å². The number of carbonyl (C=O) groups is 1. The van der Waals surface area contributed by atoms with Gasteiger partial charge in [0.25, 0.3) is 0 Å². The van der Waals surface area contributed by atoms with Crippen LogP contribution in [-0.4, -0.2) is 36.5 Å². The monoisotopic (exact) mass is 251 g/mol. The minimum atomic E-state index is -0.601. The van der Waals surface area contributed by atoms with Crippen LogP contribution in [0.25, 0.3) is 0 Å². The molecule has 1 aliphatic heterocycles. The summed E-state index contributed by atoms with van der Waals surface area (Å²) in [5, 5.41) is 3.29. The number of nitrogens with two attached hydrogens (primary N) is 1. The molecule has 0 unspecified atom stereocenters. The number of hydrogen-bond donors (Lipinski definition) is 2. The normalized spacial score (nSPS) is 20.9. The van der Waals surface area contributed by atoms with Gasteiger partial charge in [-0.05, 0) is 19.1 Å². The first kappa shape index (κ1) is 13.0. The second-order valence-electron chi connectivity index (χ2n) is 4.69. The molecule has 1 fully saturated rings. The van der Waals surface area contributed by atoms with Crippen LogP contribution in [0, 0.1) is 5.82 Å².